The summed E-state index contributed by atoms with van der Waals surface area (Å²) in [5.74, 6) is -2.51. The Bertz CT molecular complexity index is 679. The molecule has 0 saturated heterocycles. The van der Waals surface area contributed by atoms with Crippen molar-refractivity contribution < 1.29 is 30.0 Å². The summed E-state index contributed by atoms with van der Waals surface area (Å²) < 4.78 is 5.78. The third-order valence-corrected chi connectivity index (χ3v) is 22.4. The number of ether oxygens (including phenoxy) is 1. The largest absolute Gasteiger partial charge is 0.505 e. The van der Waals surface area contributed by atoms with Gasteiger partial charge in [0.15, 0.2) is 11.0 Å². The molecule has 0 aliphatic carbocycles. The molecule has 2 atom stereocenters. The summed E-state index contributed by atoms with van der Waals surface area (Å²) >= 11 is 0. The molecule has 28 heavy (non-hydrogen) atoms. The molecule has 1 aliphatic heterocycles. The number of rotatable bonds is 6. The van der Waals surface area contributed by atoms with Crippen molar-refractivity contribution in [3.63, 3.8) is 0 Å². The molecular formula is C18H40O6Si4. The lowest BCUT2D eigenvalue weighted by atomic mass is 10.1. The molecule has 0 aromatic heterocycles. The van der Waals surface area contributed by atoms with Crippen LogP contribution in [0.4, 0.5) is 0 Å². The maximum atomic E-state index is 12.8. The molecule has 0 fully saturated rings. The quantitative estimate of drug-likeness (QED) is 0.353. The van der Waals surface area contributed by atoms with Crippen molar-refractivity contribution in [2.45, 2.75) is 93.9 Å². The van der Waals surface area contributed by atoms with Crippen LogP contribution in [-0.4, -0.2) is 74.0 Å². The zero-order valence-corrected chi connectivity index (χ0v) is 23.6. The average molecular weight is 465 g/mol. The minimum Gasteiger partial charge on any atom is -0.505 e. The first kappa shape index (κ1) is 25.6. The van der Waals surface area contributed by atoms with Gasteiger partial charge in [0, 0.05) is 0 Å². The van der Waals surface area contributed by atoms with Gasteiger partial charge in [-0.15, -0.1) is 0 Å². The van der Waals surface area contributed by atoms with E-state index in [1.165, 1.54) is 0 Å². The number of aliphatic hydroxyl groups is 4. The summed E-state index contributed by atoms with van der Waals surface area (Å²) in [6.45, 7) is 23.5. The molecular weight excluding hydrogens is 425 g/mol. The highest BCUT2D eigenvalue weighted by molar-refractivity contribution is 7.02. The Labute approximate surface area is 173 Å². The second-order valence-corrected chi connectivity index (χ2v) is 33.6. The van der Waals surface area contributed by atoms with E-state index in [1.807, 2.05) is 78.6 Å². The van der Waals surface area contributed by atoms with E-state index in [1.54, 1.807) is 0 Å². The van der Waals surface area contributed by atoms with Gasteiger partial charge in [0.1, 0.15) is 13.3 Å². The molecule has 0 aromatic rings. The summed E-state index contributed by atoms with van der Waals surface area (Å²) in [4.78, 5) is 10.9. The van der Waals surface area contributed by atoms with E-state index >= 15 is 0 Å². The molecule has 0 radical (unpaired) electrons. The van der Waals surface area contributed by atoms with Gasteiger partial charge < -0.3 is 25.2 Å². The van der Waals surface area contributed by atoms with Crippen molar-refractivity contribution in [3.05, 3.63) is 11.5 Å². The summed E-state index contributed by atoms with van der Waals surface area (Å²) in [5, 5.41) is 43.0. The third kappa shape index (κ3) is 2.94. The predicted molar refractivity (Wildman–Crippen MR) is 124 cm³/mol. The predicted octanol–water partition coefficient (Wildman–Crippen LogP) is 3.58. The van der Waals surface area contributed by atoms with Crippen LogP contribution in [0.15, 0.2) is 11.5 Å². The second-order valence-electron chi connectivity index (χ2n) is 12.2. The summed E-state index contributed by atoms with van der Waals surface area (Å²) in [6, 6.07) is 0. The zero-order valence-electron chi connectivity index (χ0n) is 19.6. The van der Waals surface area contributed by atoms with Gasteiger partial charge in [-0.25, -0.2) is 4.79 Å². The number of hydrogen-bond donors (Lipinski definition) is 4. The van der Waals surface area contributed by atoms with Crippen LogP contribution in [0.25, 0.3) is 0 Å². The normalized spacial score (nSPS) is 25.0. The van der Waals surface area contributed by atoms with Gasteiger partial charge in [-0.1, -0.05) is 78.6 Å². The fourth-order valence-electron chi connectivity index (χ4n) is 5.33. The van der Waals surface area contributed by atoms with Crippen LogP contribution in [0.1, 0.15) is 0 Å². The highest BCUT2D eigenvalue weighted by Gasteiger charge is 2.81. The molecule has 4 N–H and O–H groups in total. The Balaban J connectivity index is 4.33. The van der Waals surface area contributed by atoms with Gasteiger partial charge >= 0.3 is 5.97 Å². The minimum atomic E-state index is -2.79. The number of hydrogen-bond acceptors (Lipinski definition) is 6. The Kier molecular flexibility index (Phi) is 5.99. The van der Waals surface area contributed by atoms with Crippen LogP contribution in [0, 0.1) is 0 Å². The molecule has 6 nitrogen and oxygen atoms in total. The number of carbonyl (C=O) groups excluding carboxylic acids is 1. The Morgan fingerprint density at radius 1 is 0.750 bits per heavy atom. The Morgan fingerprint density at radius 2 is 1.11 bits per heavy atom. The summed E-state index contributed by atoms with van der Waals surface area (Å²) in [6.07, 6.45) is 0. The van der Waals surface area contributed by atoms with Gasteiger partial charge in [0.25, 0.3) is 0 Å². The van der Waals surface area contributed by atoms with Gasteiger partial charge in [0.2, 0.25) is 5.76 Å². The highest BCUT2D eigenvalue weighted by atomic mass is 28.4. The summed E-state index contributed by atoms with van der Waals surface area (Å²) in [7, 11) is -10.6. The molecule has 1 rings (SSSR count). The average Bonchev–Trinajstić information content (AvgIpc) is 2.66. The molecule has 0 amide bonds. The van der Waals surface area contributed by atoms with E-state index in [0.29, 0.717) is 0 Å². The smallest absolute Gasteiger partial charge is 0.377 e. The maximum absolute atomic E-state index is 12.8. The first-order valence-electron chi connectivity index (χ1n) is 9.76. The lowest BCUT2D eigenvalue weighted by Gasteiger charge is -2.67. The monoisotopic (exact) mass is 464 g/mol. The fourth-order valence-corrected chi connectivity index (χ4v) is 28.7. The van der Waals surface area contributed by atoms with Gasteiger partial charge in [-0.2, -0.15) is 0 Å². The van der Waals surface area contributed by atoms with Gasteiger partial charge in [-0.3, -0.25) is 0 Å². The number of carbonyl (C=O) groups is 1. The van der Waals surface area contributed by atoms with Gasteiger partial charge in [-0.05, 0) is 0 Å². The maximum Gasteiger partial charge on any atom is 0.377 e. The molecule has 1 aliphatic rings. The number of esters is 1. The van der Waals surface area contributed by atoms with Crippen molar-refractivity contribution >= 4 is 38.3 Å². The molecule has 10 heteroatoms. The number of aliphatic hydroxyl groups excluding tert-OH is 2. The topological polar surface area (TPSA) is 107 Å². The van der Waals surface area contributed by atoms with Crippen LogP contribution >= 0.6 is 0 Å². The molecule has 0 saturated carbocycles. The standard InChI is InChI=1S/C18H40O6Si4/c1-25(2,3)16(14(20)13(19)15(21)24-16)17(22,26(4,5)6)18(23,27(7,8)9)28(10,11)12/h19-20,22-23H,1-12H3/t16-,17+/m1/s1. The van der Waals surface area contributed by atoms with E-state index in [9.17, 15) is 25.2 Å². The van der Waals surface area contributed by atoms with Crippen LogP contribution in [-0.2, 0) is 9.53 Å². The molecule has 0 spiro atoms. The van der Waals surface area contributed by atoms with Crippen LogP contribution in [0.3, 0.4) is 0 Å². The summed E-state index contributed by atoms with van der Waals surface area (Å²) in [5.41, 5.74) is 0. The van der Waals surface area contributed by atoms with Crippen molar-refractivity contribution in [2.24, 2.45) is 0 Å². The lowest BCUT2D eigenvalue weighted by Crippen LogP contribution is -2.92. The van der Waals surface area contributed by atoms with Crippen LogP contribution in [0.2, 0.25) is 78.6 Å². The molecule has 164 valence electrons. The van der Waals surface area contributed by atoms with Crippen LogP contribution < -0.4 is 0 Å². The number of cyclic esters (lactones) is 1. The lowest BCUT2D eigenvalue weighted by molar-refractivity contribution is -0.166. The third-order valence-electron chi connectivity index (χ3n) is 6.34. The second kappa shape index (κ2) is 6.55. The first-order valence-corrected chi connectivity index (χ1v) is 23.8. The fraction of sp³-hybridized carbons (Fsp3) is 0.833. The molecule has 1 heterocycles. The van der Waals surface area contributed by atoms with Crippen molar-refractivity contribution in [2.75, 3.05) is 0 Å². The van der Waals surface area contributed by atoms with E-state index < -0.39 is 65.1 Å². The van der Waals surface area contributed by atoms with Crippen molar-refractivity contribution in [1.82, 2.24) is 0 Å². The molecule has 0 bridgehead atoms. The van der Waals surface area contributed by atoms with Crippen LogP contribution in [0.5, 0.6) is 0 Å². The Hall–Kier alpha value is -0.402. The minimum absolute atomic E-state index is 0.614. The molecule has 0 aromatic carbocycles. The van der Waals surface area contributed by atoms with E-state index in [4.69, 9.17) is 4.74 Å². The highest BCUT2D eigenvalue weighted by Crippen LogP contribution is 2.57. The Morgan fingerprint density at radius 3 is 1.29 bits per heavy atom. The van der Waals surface area contributed by atoms with E-state index in [0.717, 1.165) is 0 Å². The van der Waals surface area contributed by atoms with E-state index in [-0.39, 0.29) is 0 Å². The van der Waals surface area contributed by atoms with Gasteiger partial charge in [0.05, 0.1) is 29.1 Å². The SMILES string of the molecule is C[Si](C)(C)C(O)([C@](O)([C@@]1([Si](C)(C)C)OC(=O)C(O)=C1O)[Si](C)(C)C)[Si](C)(C)C. The first-order chi connectivity index (χ1) is 11.9. The van der Waals surface area contributed by atoms with Crippen molar-refractivity contribution in [1.29, 1.82) is 0 Å². The molecule has 0 unspecified atom stereocenters. The van der Waals surface area contributed by atoms with E-state index in [2.05, 4.69) is 0 Å². The van der Waals surface area contributed by atoms with Crippen molar-refractivity contribution in [3.8, 4) is 0 Å². The zero-order chi connectivity index (χ0) is 22.9.